The SMILES string of the molecule is CCCN(CC(N)=O)CC1CCNCC1. The standard InChI is InChI=1S/C11H23N3O/c1-2-7-14(9-11(12)15)8-10-3-5-13-6-4-10/h10,13H,2-9H2,1H3,(H2,12,15). The molecule has 0 spiro atoms. The zero-order chi connectivity index (χ0) is 11.1. The summed E-state index contributed by atoms with van der Waals surface area (Å²) in [5, 5.41) is 3.35. The van der Waals surface area contributed by atoms with Crippen molar-refractivity contribution in [2.24, 2.45) is 11.7 Å². The van der Waals surface area contributed by atoms with Crippen LogP contribution in [0.2, 0.25) is 0 Å². The molecule has 88 valence electrons. The number of hydrogen-bond acceptors (Lipinski definition) is 3. The van der Waals surface area contributed by atoms with Gasteiger partial charge in [-0.3, -0.25) is 9.69 Å². The second kappa shape index (κ2) is 6.80. The average Bonchev–Trinajstić information content (AvgIpc) is 2.18. The molecule has 0 bridgehead atoms. The maximum Gasteiger partial charge on any atom is 0.231 e. The first kappa shape index (κ1) is 12.5. The highest BCUT2D eigenvalue weighted by atomic mass is 16.1. The van der Waals surface area contributed by atoms with Crippen molar-refractivity contribution in [3.63, 3.8) is 0 Å². The molecule has 15 heavy (non-hydrogen) atoms. The number of carbonyl (C=O) groups is 1. The van der Waals surface area contributed by atoms with Gasteiger partial charge in [0, 0.05) is 6.54 Å². The zero-order valence-corrected chi connectivity index (χ0v) is 9.67. The largest absolute Gasteiger partial charge is 0.369 e. The minimum absolute atomic E-state index is 0.211. The summed E-state index contributed by atoms with van der Waals surface area (Å²) in [5.41, 5.74) is 5.24. The number of nitrogens with one attached hydrogen (secondary N) is 1. The van der Waals surface area contributed by atoms with E-state index < -0.39 is 0 Å². The fraction of sp³-hybridized carbons (Fsp3) is 0.909. The molecule has 0 aliphatic carbocycles. The number of nitrogens with zero attached hydrogens (tertiary/aromatic N) is 1. The van der Waals surface area contributed by atoms with Crippen LogP contribution in [0, 0.1) is 5.92 Å². The molecule has 0 atom stereocenters. The lowest BCUT2D eigenvalue weighted by Crippen LogP contribution is -2.40. The van der Waals surface area contributed by atoms with Gasteiger partial charge in [0.15, 0.2) is 0 Å². The number of nitrogens with two attached hydrogens (primary N) is 1. The Bertz CT molecular complexity index is 190. The first-order valence-electron chi connectivity index (χ1n) is 5.93. The molecule has 1 fully saturated rings. The van der Waals surface area contributed by atoms with Crippen molar-refractivity contribution >= 4 is 5.91 Å². The molecule has 1 saturated heterocycles. The summed E-state index contributed by atoms with van der Waals surface area (Å²) >= 11 is 0. The number of primary amides is 1. The predicted molar refractivity (Wildman–Crippen MR) is 61.5 cm³/mol. The number of amides is 1. The number of carbonyl (C=O) groups excluding carboxylic acids is 1. The van der Waals surface area contributed by atoms with Gasteiger partial charge in [0.25, 0.3) is 0 Å². The molecular formula is C11H23N3O. The average molecular weight is 213 g/mol. The van der Waals surface area contributed by atoms with Gasteiger partial charge < -0.3 is 11.1 Å². The van der Waals surface area contributed by atoms with Gasteiger partial charge in [0.1, 0.15) is 0 Å². The smallest absolute Gasteiger partial charge is 0.231 e. The van der Waals surface area contributed by atoms with Crippen molar-refractivity contribution in [2.45, 2.75) is 26.2 Å². The normalized spacial score (nSPS) is 18.3. The summed E-state index contributed by atoms with van der Waals surface area (Å²) in [4.78, 5) is 13.1. The summed E-state index contributed by atoms with van der Waals surface area (Å²) in [7, 11) is 0. The number of hydrogen-bond donors (Lipinski definition) is 2. The van der Waals surface area contributed by atoms with Crippen molar-refractivity contribution in [1.82, 2.24) is 10.2 Å². The Morgan fingerprint density at radius 2 is 2.13 bits per heavy atom. The van der Waals surface area contributed by atoms with Gasteiger partial charge in [-0.25, -0.2) is 0 Å². The van der Waals surface area contributed by atoms with Crippen LogP contribution in [0.25, 0.3) is 0 Å². The highest BCUT2D eigenvalue weighted by molar-refractivity contribution is 5.75. The van der Waals surface area contributed by atoms with E-state index >= 15 is 0 Å². The molecule has 0 unspecified atom stereocenters. The van der Waals surface area contributed by atoms with Gasteiger partial charge in [-0.1, -0.05) is 6.92 Å². The van der Waals surface area contributed by atoms with Crippen molar-refractivity contribution in [1.29, 1.82) is 0 Å². The molecule has 1 aliphatic heterocycles. The lowest BCUT2D eigenvalue weighted by molar-refractivity contribution is -0.119. The van der Waals surface area contributed by atoms with Crippen LogP contribution in [0.15, 0.2) is 0 Å². The van der Waals surface area contributed by atoms with E-state index in [1.54, 1.807) is 0 Å². The van der Waals surface area contributed by atoms with E-state index in [1.807, 2.05) is 0 Å². The van der Waals surface area contributed by atoms with Crippen LogP contribution < -0.4 is 11.1 Å². The van der Waals surface area contributed by atoms with Crippen LogP contribution in [0.5, 0.6) is 0 Å². The molecule has 4 nitrogen and oxygen atoms in total. The summed E-state index contributed by atoms with van der Waals surface area (Å²) in [6.45, 7) is 6.78. The summed E-state index contributed by atoms with van der Waals surface area (Å²) < 4.78 is 0. The number of rotatable bonds is 6. The lowest BCUT2D eigenvalue weighted by Gasteiger charge is -2.29. The Hall–Kier alpha value is -0.610. The Kier molecular flexibility index (Phi) is 5.65. The van der Waals surface area contributed by atoms with E-state index in [0.29, 0.717) is 6.54 Å². The second-order valence-corrected chi connectivity index (χ2v) is 4.39. The van der Waals surface area contributed by atoms with Crippen molar-refractivity contribution in [3.8, 4) is 0 Å². The van der Waals surface area contributed by atoms with E-state index in [4.69, 9.17) is 5.73 Å². The highest BCUT2D eigenvalue weighted by Gasteiger charge is 2.17. The van der Waals surface area contributed by atoms with Crippen molar-refractivity contribution < 1.29 is 4.79 Å². The Morgan fingerprint density at radius 3 is 2.67 bits per heavy atom. The van der Waals surface area contributed by atoms with Gasteiger partial charge >= 0.3 is 0 Å². The van der Waals surface area contributed by atoms with Crippen LogP contribution in [-0.2, 0) is 4.79 Å². The molecule has 1 amide bonds. The van der Waals surface area contributed by atoms with E-state index in [0.717, 1.165) is 38.5 Å². The summed E-state index contributed by atoms with van der Waals surface area (Å²) in [6, 6.07) is 0. The monoisotopic (exact) mass is 213 g/mol. The van der Waals surface area contributed by atoms with Gasteiger partial charge in [-0.2, -0.15) is 0 Å². The van der Waals surface area contributed by atoms with E-state index in [-0.39, 0.29) is 5.91 Å². The number of piperidine rings is 1. The minimum atomic E-state index is -0.211. The molecule has 0 aromatic rings. The molecule has 0 aromatic carbocycles. The van der Waals surface area contributed by atoms with Crippen LogP contribution in [0.4, 0.5) is 0 Å². The highest BCUT2D eigenvalue weighted by Crippen LogP contribution is 2.13. The third-order valence-corrected chi connectivity index (χ3v) is 2.89. The van der Waals surface area contributed by atoms with Crippen molar-refractivity contribution in [2.75, 3.05) is 32.7 Å². The van der Waals surface area contributed by atoms with E-state index in [2.05, 4.69) is 17.1 Å². The third-order valence-electron chi connectivity index (χ3n) is 2.89. The summed E-state index contributed by atoms with van der Waals surface area (Å²) in [6.07, 6.45) is 3.52. The van der Waals surface area contributed by atoms with Crippen molar-refractivity contribution in [3.05, 3.63) is 0 Å². The summed E-state index contributed by atoms with van der Waals surface area (Å²) in [5.74, 6) is 0.523. The Balaban J connectivity index is 2.31. The van der Waals surface area contributed by atoms with Crippen LogP contribution >= 0.6 is 0 Å². The molecule has 1 aliphatic rings. The van der Waals surface area contributed by atoms with E-state index in [1.165, 1.54) is 12.8 Å². The molecule has 0 aromatic heterocycles. The van der Waals surface area contributed by atoms with Crippen LogP contribution in [-0.4, -0.2) is 43.5 Å². The lowest BCUT2D eigenvalue weighted by atomic mass is 9.97. The zero-order valence-electron chi connectivity index (χ0n) is 9.67. The minimum Gasteiger partial charge on any atom is -0.369 e. The fourth-order valence-corrected chi connectivity index (χ4v) is 2.20. The topological polar surface area (TPSA) is 58.4 Å². The fourth-order valence-electron chi connectivity index (χ4n) is 2.20. The third kappa shape index (κ3) is 5.14. The maximum absolute atomic E-state index is 10.9. The quantitative estimate of drug-likeness (QED) is 0.662. The molecule has 0 radical (unpaired) electrons. The molecule has 3 N–H and O–H groups in total. The first-order valence-corrected chi connectivity index (χ1v) is 5.93. The van der Waals surface area contributed by atoms with Crippen LogP contribution in [0.1, 0.15) is 26.2 Å². The first-order chi connectivity index (χ1) is 7.22. The van der Waals surface area contributed by atoms with Crippen LogP contribution in [0.3, 0.4) is 0 Å². The molecule has 4 heteroatoms. The molecular weight excluding hydrogens is 190 g/mol. The molecule has 1 heterocycles. The predicted octanol–water partition coefficient (Wildman–Crippen LogP) is 0.183. The Morgan fingerprint density at radius 1 is 1.47 bits per heavy atom. The second-order valence-electron chi connectivity index (χ2n) is 4.39. The van der Waals surface area contributed by atoms with E-state index in [9.17, 15) is 4.79 Å². The molecule has 0 saturated carbocycles. The van der Waals surface area contributed by atoms with Gasteiger partial charge in [0.2, 0.25) is 5.91 Å². The Labute approximate surface area is 92.2 Å². The van der Waals surface area contributed by atoms with Gasteiger partial charge in [-0.05, 0) is 44.8 Å². The van der Waals surface area contributed by atoms with Gasteiger partial charge in [-0.15, -0.1) is 0 Å². The maximum atomic E-state index is 10.9. The van der Waals surface area contributed by atoms with Gasteiger partial charge in [0.05, 0.1) is 6.54 Å². The molecule has 1 rings (SSSR count).